The topological polar surface area (TPSA) is 114 Å². The zero-order chi connectivity index (χ0) is 21.6. The van der Waals surface area contributed by atoms with Crippen molar-refractivity contribution in [3.05, 3.63) is 0 Å². The maximum absolute atomic E-state index is 12.7. The van der Waals surface area contributed by atoms with Crippen LogP contribution in [0.1, 0.15) is 40.5 Å². The molecule has 1 rings (SSSR count). The molecule has 0 aliphatic carbocycles. The van der Waals surface area contributed by atoms with Crippen molar-refractivity contribution in [1.82, 2.24) is 16.0 Å². The summed E-state index contributed by atoms with van der Waals surface area (Å²) < 4.78 is 42.2. The van der Waals surface area contributed by atoms with Crippen molar-refractivity contribution in [2.75, 3.05) is 6.54 Å². The van der Waals surface area contributed by atoms with Gasteiger partial charge in [0.15, 0.2) is 5.78 Å². The average molecular weight is 409 g/mol. The van der Waals surface area contributed by atoms with E-state index in [1.165, 1.54) is 13.8 Å². The molecular weight excluding hydrogens is 383 g/mol. The van der Waals surface area contributed by atoms with Crippen LogP contribution in [0.15, 0.2) is 0 Å². The number of hydrogen-bond donors (Lipinski definition) is 3. The lowest BCUT2D eigenvalue weighted by atomic mass is 9.93. The molecule has 1 heterocycles. The second-order valence-electron chi connectivity index (χ2n) is 7.19. The Balaban J connectivity index is 2.91. The first kappa shape index (κ1) is 23.9. The van der Waals surface area contributed by atoms with Crippen LogP contribution in [-0.4, -0.2) is 54.6 Å². The summed E-state index contributed by atoms with van der Waals surface area (Å²) in [6, 6.07) is -2.29. The number of rotatable bonds is 9. The third-order valence-electron chi connectivity index (χ3n) is 4.18. The highest BCUT2D eigenvalue weighted by Gasteiger charge is 2.46. The molecule has 3 amide bonds. The summed E-state index contributed by atoms with van der Waals surface area (Å²) in [5, 5.41) is 7.12. The Bertz CT molecular complexity index is 609. The van der Waals surface area contributed by atoms with Gasteiger partial charge < -0.3 is 16.0 Å². The predicted molar refractivity (Wildman–Crippen MR) is 91.7 cm³/mol. The predicted octanol–water partition coefficient (Wildman–Crippen LogP) is 0.652. The lowest BCUT2D eigenvalue weighted by Gasteiger charge is -2.26. The van der Waals surface area contributed by atoms with Crippen LogP contribution in [0, 0.1) is 11.8 Å². The van der Waals surface area contributed by atoms with Crippen LogP contribution >= 0.6 is 0 Å². The minimum absolute atomic E-state index is 0.00779. The number of ketones is 1. The molecule has 1 fully saturated rings. The van der Waals surface area contributed by atoms with Crippen molar-refractivity contribution >= 4 is 23.5 Å². The lowest BCUT2D eigenvalue weighted by Crippen LogP contribution is -2.54. The van der Waals surface area contributed by atoms with Gasteiger partial charge in [-0.05, 0) is 25.7 Å². The van der Waals surface area contributed by atoms with E-state index >= 15 is 0 Å². The van der Waals surface area contributed by atoms with Crippen LogP contribution in [-0.2, 0) is 23.9 Å². The van der Waals surface area contributed by atoms with Crippen LogP contribution in [0.25, 0.3) is 0 Å². The van der Waals surface area contributed by atoms with Gasteiger partial charge in [-0.1, -0.05) is 13.8 Å². The summed E-state index contributed by atoms with van der Waals surface area (Å²) in [6.45, 7) is 6.21. The summed E-state index contributed by atoms with van der Waals surface area (Å²) in [5.41, 5.74) is 0. The number of carbonyl (C=O) groups excluding carboxylic acids is 4. The molecule has 160 valence electrons. The molecule has 1 aliphatic heterocycles. The molecule has 0 saturated carbocycles. The van der Waals surface area contributed by atoms with E-state index in [0.717, 1.165) is 0 Å². The highest BCUT2D eigenvalue weighted by Crippen LogP contribution is 2.27. The van der Waals surface area contributed by atoms with Crippen LogP contribution < -0.4 is 16.0 Å². The molecule has 0 aromatic carbocycles. The number of Topliss-reactive ketones (excluding diaryl/α,β-unsaturated/α-hetero) is 1. The molecular formula is C17H26F3N3O5. The largest absolute Gasteiger partial charge is 0.523 e. The molecule has 0 bridgehead atoms. The Hall–Kier alpha value is -2.17. The van der Waals surface area contributed by atoms with E-state index in [0.29, 0.717) is 0 Å². The molecule has 1 saturated heterocycles. The number of hydrogen-bond acceptors (Lipinski definition) is 5. The van der Waals surface area contributed by atoms with Crippen molar-refractivity contribution in [3.8, 4) is 0 Å². The van der Waals surface area contributed by atoms with Gasteiger partial charge in [-0.25, -0.2) is 0 Å². The molecule has 0 aromatic rings. The number of carbonyl (C=O) groups is 4. The molecule has 8 nitrogen and oxygen atoms in total. The smallest absolute Gasteiger partial charge is 0.356 e. The van der Waals surface area contributed by atoms with Gasteiger partial charge in [-0.2, -0.15) is 0 Å². The molecule has 11 heteroatoms. The Morgan fingerprint density at radius 2 is 1.82 bits per heavy atom. The SMILES string of the molecule is CC(=O)N[C@@H](CC(C)C)C(=O)NC(C)C(=O)[C@@H](OC(F)(F)F)[C@@H]1CCNC1=O. The van der Waals surface area contributed by atoms with Gasteiger partial charge in [-0.3, -0.25) is 23.9 Å². The lowest BCUT2D eigenvalue weighted by molar-refractivity contribution is -0.341. The summed E-state index contributed by atoms with van der Waals surface area (Å²) in [7, 11) is 0. The van der Waals surface area contributed by atoms with Gasteiger partial charge in [0.25, 0.3) is 0 Å². The third kappa shape index (κ3) is 7.45. The van der Waals surface area contributed by atoms with Crippen molar-refractivity contribution < 1.29 is 37.1 Å². The number of halogens is 3. The minimum atomic E-state index is -5.12. The Morgan fingerprint density at radius 1 is 1.21 bits per heavy atom. The van der Waals surface area contributed by atoms with Crippen molar-refractivity contribution in [2.45, 2.75) is 65.1 Å². The first-order valence-electron chi connectivity index (χ1n) is 8.95. The van der Waals surface area contributed by atoms with E-state index in [9.17, 15) is 32.3 Å². The first-order valence-corrected chi connectivity index (χ1v) is 8.95. The van der Waals surface area contributed by atoms with E-state index in [1.807, 2.05) is 13.8 Å². The average Bonchev–Trinajstić information content (AvgIpc) is 2.95. The molecule has 3 N–H and O–H groups in total. The number of ether oxygens (including phenoxy) is 1. The summed E-state index contributed by atoms with van der Waals surface area (Å²) in [5.74, 6) is -4.20. The van der Waals surface area contributed by atoms with E-state index < -0.39 is 54.0 Å². The monoisotopic (exact) mass is 409 g/mol. The first-order chi connectivity index (χ1) is 12.8. The highest BCUT2D eigenvalue weighted by atomic mass is 19.4. The maximum atomic E-state index is 12.7. The third-order valence-corrected chi connectivity index (χ3v) is 4.18. The van der Waals surface area contributed by atoms with Gasteiger partial charge in [-0.15, -0.1) is 13.2 Å². The zero-order valence-electron chi connectivity index (χ0n) is 16.2. The summed E-state index contributed by atoms with van der Waals surface area (Å²) in [4.78, 5) is 48.0. The molecule has 0 radical (unpaired) electrons. The minimum Gasteiger partial charge on any atom is -0.356 e. The van der Waals surface area contributed by atoms with Crippen LogP contribution in [0.5, 0.6) is 0 Å². The second-order valence-corrected chi connectivity index (χ2v) is 7.19. The number of amides is 3. The summed E-state index contributed by atoms with van der Waals surface area (Å²) in [6.07, 6.45) is -6.90. The number of alkyl halides is 3. The Labute approximate surface area is 160 Å². The fourth-order valence-electron chi connectivity index (χ4n) is 2.96. The Kier molecular flexibility index (Phi) is 8.40. The van der Waals surface area contributed by atoms with Crippen molar-refractivity contribution in [2.24, 2.45) is 11.8 Å². The molecule has 1 unspecified atom stereocenters. The van der Waals surface area contributed by atoms with E-state index in [1.54, 1.807) is 0 Å². The molecule has 4 atom stereocenters. The van der Waals surface area contributed by atoms with Gasteiger partial charge in [0, 0.05) is 13.5 Å². The normalized spacial score (nSPS) is 20.3. The maximum Gasteiger partial charge on any atom is 0.523 e. The van der Waals surface area contributed by atoms with Crippen LogP contribution in [0.3, 0.4) is 0 Å². The van der Waals surface area contributed by atoms with Gasteiger partial charge in [0.1, 0.15) is 12.1 Å². The molecule has 0 spiro atoms. The molecule has 1 aliphatic rings. The van der Waals surface area contributed by atoms with Crippen molar-refractivity contribution in [3.63, 3.8) is 0 Å². The molecule has 28 heavy (non-hydrogen) atoms. The number of nitrogens with one attached hydrogen (secondary N) is 3. The van der Waals surface area contributed by atoms with Crippen LogP contribution in [0.2, 0.25) is 0 Å². The molecule has 0 aromatic heterocycles. The fourth-order valence-corrected chi connectivity index (χ4v) is 2.96. The van der Waals surface area contributed by atoms with Gasteiger partial charge >= 0.3 is 6.36 Å². The van der Waals surface area contributed by atoms with E-state index in [-0.39, 0.29) is 25.3 Å². The van der Waals surface area contributed by atoms with Gasteiger partial charge in [0.2, 0.25) is 17.7 Å². The summed E-state index contributed by atoms with van der Waals surface area (Å²) >= 11 is 0. The van der Waals surface area contributed by atoms with E-state index in [4.69, 9.17) is 0 Å². The van der Waals surface area contributed by atoms with Crippen LogP contribution in [0.4, 0.5) is 13.2 Å². The highest BCUT2D eigenvalue weighted by molar-refractivity contribution is 5.97. The fraction of sp³-hybridized carbons (Fsp3) is 0.765. The Morgan fingerprint density at radius 3 is 2.25 bits per heavy atom. The van der Waals surface area contributed by atoms with Gasteiger partial charge in [0.05, 0.1) is 12.0 Å². The quantitative estimate of drug-likeness (QED) is 0.518. The van der Waals surface area contributed by atoms with Crippen molar-refractivity contribution in [1.29, 1.82) is 0 Å². The standard InChI is InChI=1S/C17H26F3N3O5/c1-8(2)7-12(23-10(4)24)16(27)22-9(3)13(25)14(28-17(18,19)20)11-5-6-21-15(11)26/h8-9,11-12,14H,5-7H2,1-4H3,(H,21,26)(H,22,27)(H,23,24)/t9?,11-,12-,14-/m0/s1. The second kappa shape index (κ2) is 9.85. The van der Waals surface area contributed by atoms with E-state index in [2.05, 4.69) is 20.7 Å². The zero-order valence-corrected chi connectivity index (χ0v) is 16.2.